The van der Waals surface area contributed by atoms with Crippen LogP contribution >= 0.6 is 11.6 Å². The Bertz CT molecular complexity index is 725. The summed E-state index contributed by atoms with van der Waals surface area (Å²) in [7, 11) is 1.61. The van der Waals surface area contributed by atoms with Gasteiger partial charge in [-0.15, -0.1) is 0 Å². The minimum absolute atomic E-state index is 0.614. The first kappa shape index (κ1) is 12.7. The van der Waals surface area contributed by atoms with Gasteiger partial charge in [0.25, 0.3) is 0 Å². The summed E-state index contributed by atoms with van der Waals surface area (Å²) in [6, 6.07) is 9.42. The van der Waals surface area contributed by atoms with Gasteiger partial charge in [-0.05, 0) is 35.9 Å². The molecule has 1 N–H and O–H groups in total. The normalized spacial score (nSPS) is 10.5. The topological polar surface area (TPSA) is 50.8 Å². The van der Waals surface area contributed by atoms with Crippen molar-refractivity contribution in [2.24, 2.45) is 0 Å². The third kappa shape index (κ3) is 2.38. The maximum absolute atomic E-state index is 6.12. The molecule has 0 unspecified atom stereocenters. The van der Waals surface area contributed by atoms with E-state index in [2.05, 4.69) is 15.2 Å². The molecule has 1 aromatic carbocycles. The number of hydrogen-bond acceptors (Lipinski definition) is 3. The van der Waals surface area contributed by atoms with Crippen LogP contribution < -0.4 is 4.74 Å². The highest BCUT2D eigenvalue weighted by atomic mass is 35.5. The molecule has 100 valence electrons. The Morgan fingerprint density at radius 1 is 1.10 bits per heavy atom. The van der Waals surface area contributed by atoms with Gasteiger partial charge in [-0.2, -0.15) is 5.10 Å². The number of ether oxygens (including phenoxy) is 1. The molecule has 3 rings (SSSR count). The monoisotopic (exact) mass is 285 g/mol. The summed E-state index contributed by atoms with van der Waals surface area (Å²) in [4.78, 5) is 4.03. The van der Waals surface area contributed by atoms with E-state index >= 15 is 0 Å². The summed E-state index contributed by atoms with van der Waals surface area (Å²) in [5.74, 6) is 0.705. The number of halogens is 1. The van der Waals surface area contributed by atoms with E-state index in [4.69, 9.17) is 16.3 Å². The lowest BCUT2D eigenvalue weighted by molar-refractivity contribution is 0.415. The van der Waals surface area contributed by atoms with Crippen molar-refractivity contribution < 1.29 is 4.74 Å². The Morgan fingerprint density at radius 2 is 1.90 bits per heavy atom. The van der Waals surface area contributed by atoms with Crippen molar-refractivity contribution in [3.8, 4) is 28.1 Å². The van der Waals surface area contributed by atoms with E-state index in [1.54, 1.807) is 25.6 Å². The molecule has 2 aromatic heterocycles. The molecule has 0 aliphatic rings. The number of aromatic amines is 1. The number of nitrogens with one attached hydrogen (secondary N) is 1. The molecule has 0 spiro atoms. The van der Waals surface area contributed by atoms with Crippen molar-refractivity contribution in [3.63, 3.8) is 0 Å². The van der Waals surface area contributed by atoms with E-state index in [-0.39, 0.29) is 0 Å². The van der Waals surface area contributed by atoms with E-state index < -0.39 is 0 Å². The minimum Gasteiger partial charge on any atom is -0.497 e. The van der Waals surface area contributed by atoms with E-state index in [9.17, 15) is 0 Å². The first-order valence-electron chi connectivity index (χ1n) is 6.07. The number of benzene rings is 1. The highest BCUT2D eigenvalue weighted by Crippen LogP contribution is 2.33. The summed E-state index contributed by atoms with van der Waals surface area (Å²) in [6.07, 6.45) is 5.37. The lowest BCUT2D eigenvalue weighted by atomic mass is 10.0. The predicted octanol–water partition coefficient (Wildman–Crippen LogP) is 3.80. The fourth-order valence-corrected chi connectivity index (χ4v) is 2.30. The number of nitrogens with zero attached hydrogens (tertiary/aromatic N) is 2. The second-order valence-electron chi connectivity index (χ2n) is 4.26. The predicted molar refractivity (Wildman–Crippen MR) is 78.8 cm³/mol. The number of rotatable bonds is 3. The molecule has 0 aliphatic carbocycles. The van der Waals surface area contributed by atoms with Crippen molar-refractivity contribution in [1.29, 1.82) is 0 Å². The summed E-state index contributed by atoms with van der Waals surface area (Å²) in [5, 5.41) is 7.83. The van der Waals surface area contributed by atoms with Gasteiger partial charge in [-0.25, -0.2) is 0 Å². The molecule has 3 aromatic rings. The summed E-state index contributed by atoms with van der Waals surface area (Å²) in [6.45, 7) is 0. The molecule has 0 saturated carbocycles. The molecule has 4 nitrogen and oxygen atoms in total. The van der Waals surface area contributed by atoms with Crippen LogP contribution in [0, 0.1) is 0 Å². The lowest BCUT2D eigenvalue weighted by Crippen LogP contribution is -1.87. The standard InChI is InChI=1S/C15H12ClN3O/c1-20-13-7-11(6-12(16)8-13)15-14(9-18-19-15)10-2-4-17-5-3-10/h2-9H,1H3,(H,18,19). The van der Waals surface area contributed by atoms with Crippen molar-refractivity contribution in [3.05, 3.63) is 53.9 Å². The summed E-state index contributed by atoms with van der Waals surface area (Å²) < 4.78 is 5.25. The molecule has 0 bridgehead atoms. The van der Waals surface area contributed by atoms with Crippen LogP contribution in [0.2, 0.25) is 5.02 Å². The van der Waals surface area contributed by atoms with Crippen LogP contribution in [0.4, 0.5) is 0 Å². The van der Waals surface area contributed by atoms with Gasteiger partial charge < -0.3 is 4.74 Å². The van der Waals surface area contributed by atoms with Gasteiger partial charge in [0, 0.05) is 34.7 Å². The molecule has 0 saturated heterocycles. The van der Waals surface area contributed by atoms with Gasteiger partial charge >= 0.3 is 0 Å². The molecule has 0 radical (unpaired) electrons. The molecule has 0 amide bonds. The fraction of sp³-hybridized carbons (Fsp3) is 0.0667. The van der Waals surface area contributed by atoms with Crippen molar-refractivity contribution in [2.45, 2.75) is 0 Å². The minimum atomic E-state index is 0.614. The largest absolute Gasteiger partial charge is 0.497 e. The lowest BCUT2D eigenvalue weighted by Gasteiger charge is -2.06. The Kier molecular flexibility index (Phi) is 3.39. The van der Waals surface area contributed by atoms with Crippen LogP contribution in [-0.2, 0) is 0 Å². The highest BCUT2D eigenvalue weighted by Gasteiger charge is 2.12. The molecule has 20 heavy (non-hydrogen) atoms. The Morgan fingerprint density at radius 3 is 2.65 bits per heavy atom. The fourth-order valence-electron chi connectivity index (χ4n) is 2.08. The van der Waals surface area contributed by atoms with E-state index in [1.165, 1.54) is 0 Å². The van der Waals surface area contributed by atoms with Gasteiger partial charge in [0.1, 0.15) is 11.4 Å². The van der Waals surface area contributed by atoms with Crippen molar-refractivity contribution in [1.82, 2.24) is 15.2 Å². The third-order valence-electron chi connectivity index (χ3n) is 3.01. The Hall–Kier alpha value is -2.33. The van der Waals surface area contributed by atoms with Crippen LogP contribution in [0.25, 0.3) is 22.4 Å². The zero-order valence-electron chi connectivity index (χ0n) is 10.8. The van der Waals surface area contributed by atoms with Gasteiger partial charge in [0.15, 0.2) is 0 Å². The first-order chi connectivity index (χ1) is 9.78. The van der Waals surface area contributed by atoms with Crippen LogP contribution in [-0.4, -0.2) is 22.3 Å². The Balaban J connectivity index is 2.13. The first-order valence-corrected chi connectivity index (χ1v) is 6.45. The van der Waals surface area contributed by atoms with Crippen LogP contribution in [0.3, 0.4) is 0 Å². The van der Waals surface area contributed by atoms with E-state index in [1.807, 2.05) is 30.5 Å². The average Bonchev–Trinajstić information content (AvgIpc) is 2.97. The number of methoxy groups -OCH3 is 1. The van der Waals surface area contributed by atoms with Crippen molar-refractivity contribution >= 4 is 11.6 Å². The zero-order valence-corrected chi connectivity index (χ0v) is 11.6. The van der Waals surface area contributed by atoms with Crippen LogP contribution in [0.15, 0.2) is 48.9 Å². The van der Waals surface area contributed by atoms with Gasteiger partial charge in [-0.3, -0.25) is 10.1 Å². The van der Waals surface area contributed by atoms with E-state index in [0.717, 1.165) is 22.4 Å². The highest BCUT2D eigenvalue weighted by molar-refractivity contribution is 6.31. The van der Waals surface area contributed by atoms with Crippen LogP contribution in [0.1, 0.15) is 0 Å². The maximum atomic E-state index is 6.12. The Labute approximate surface area is 121 Å². The summed E-state index contributed by atoms with van der Waals surface area (Å²) >= 11 is 6.12. The summed E-state index contributed by atoms with van der Waals surface area (Å²) in [5.41, 5.74) is 3.78. The van der Waals surface area contributed by atoms with E-state index in [0.29, 0.717) is 10.8 Å². The molecule has 0 atom stereocenters. The number of H-pyrrole nitrogens is 1. The second-order valence-corrected chi connectivity index (χ2v) is 4.70. The third-order valence-corrected chi connectivity index (χ3v) is 3.23. The van der Waals surface area contributed by atoms with Gasteiger partial charge in [-0.1, -0.05) is 11.6 Å². The average molecular weight is 286 g/mol. The number of aromatic nitrogens is 3. The molecule has 2 heterocycles. The molecule has 0 fully saturated rings. The van der Waals surface area contributed by atoms with Gasteiger partial charge in [0.2, 0.25) is 0 Å². The number of pyridine rings is 1. The molecule has 5 heteroatoms. The maximum Gasteiger partial charge on any atom is 0.121 e. The van der Waals surface area contributed by atoms with Gasteiger partial charge in [0.05, 0.1) is 7.11 Å². The quantitative estimate of drug-likeness (QED) is 0.796. The van der Waals surface area contributed by atoms with Crippen molar-refractivity contribution in [2.75, 3.05) is 7.11 Å². The molecular weight excluding hydrogens is 274 g/mol. The number of hydrogen-bond donors (Lipinski definition) is 1. The second kappa shape index (κ2) is 5.35. The molecule has 0 aliphatic heterocycles. The SMILES string of the molecule is COc1cc(Cl)cc(-c2n[nH]cc2-c2ccncc2)c1. The molecular formula is C15H12ClN3O. The van der Waals surface area contributed by atoms with Crippen LogP contribution in [0.5, 0.6) is 5.75 Å². The zero-order chi connectivity index (χ0) is 13.9. The smallest absolute Gasteiger partial charge is 0.121 e.